The molecule has 1 fully saturated rings. The summed E-state index contributed by atoms with van der Waals surface area (Å²) >= 11 is 0. The van der Waals surface area contributed by atoms with Crippen molar-refractivity contribution in [2.75, 3.05) is 24.5 Å². The summed E-state index contributed by atoms with van der Waals surface area (Å²) in [5.41, 5.74) is 0.388. The van der Waals surface area contributed by atoms with Crippen LogP contribution in [0.2, 0.25) is 0 Å². The van der Waals surface area contributed by atoms with E-state index < -0.39 is 11.6 Å². The molecule has 0 saturated carbocycles. The molecule has 1 heterocycles. The fraction of sp³-hybridized carbons (Fsp3) is 0.538. The van der Waals surface area contributed by atoms with Crippen molar-refractivity contribution < 1.29 is 8.78 Å². The summed E-state index contributed by atoms with van der Waals surface area (Å²) < 4.78 is 26.9. The van der Waals surface area contributed by atoms with Crippen molar-refractivity contribution in [3.63, 3.8) is 0 Å². The molecule has 1 aliphatic heterocycles. The Morgan fingerprint density at radius 2 is 2.12 bits per heavy atom. The second kappa shape index (κ2) is 5.45. The first-order valence-electron chi connectivity index (χ1n) is 6.11. The SMILES string of the molecule is CC1CCN(c2cccc(F)c2F)CCCN1. The van der Waals surface area contributed by atoms with Crippen molar-refractivity contribution in [1.82, 2.24) is 5.32 Å². The fourth-order valence-corrected chi connectivity index (χ4v) is 2.16. The summed E-state index contributed by atoms with van der Waals surface area (Å²) in [6.07, 6.45) is 1.89. The van der Waals surface area contributed by atoms with Crippen molar-refractivity contribution in [3.8, 4) is 0 Å². The Morgan fingerprint density at radius 3 is 2.94 bits per heavy atom. The molecule has 1 atom stereocenters. The first-order chi connectivity index (χ1) is 8.18. The van der Waals surface area contributed by atoms with Gasteiger partial charge in [-0.25, -0.2) is 8.78 Å². The zero-order valence-corrected chi connectivity index (χ0v) is 10.0. The van der Waals surface area contributed by atoms with Crippen LogP contribution in [-0.4, -0.2) is 25.7 Å². The van der Waals surface area contributed by atoms with Gasteiger partial charge in [0.05, 0.1) is 5.69 Å². The van der Waals surface area contributed by atoms with Crippen LogP contribution < -0.4 is 10.2 Å². The molecule has 0 amide bonds. The van der Waals surface area contributed by atoms with Gasteiger partial charge in [-0.05, 0) is 38.4 Å². The van der Waals surface area contributed by atoms with Crippen LogP contribution >= 0.6 is 0 Å². The van der Waals surface area contributed by atoms with Gasteiger partial charge < -0.3 is 10.2 Å². The molecule has 0 radical (unpaired) electrons. The van der Waals surface area contributed by atoms with Crippen LogP contribution in [0.1, 0.15) is 19.8 Å². The van der Waals surface area contributed by atoms with Gasteiger partial charge in [0.25, 0.3) is 0 Å². The topological polar surface area (TPSA) is 15.3 Å². The number of nitrogens with zero attached hydrogens (tertiary/aromatic N) is 1. The number of rotatable bonds is 1. The molecule has 0 aromatic heterocycles. The van der Waals surface area contributed by atoms with Crippen LogP contribution in [0.3, 0.4) is 0 Å². The lowest BCUT2D eigenvalue weighted by Crippen LogP contribution is -2.38. The highest BCUT2D eigenvalue weighted by Gasteiger charge is 2.17. The predicted octanol–water partition coefficient (Wildman–Crippen LogP) is 2.54. The Kier molecular flexibility index (Phi) is 3.94. The maximum absolute atomic E-state index is 13.7. The molecule has 4 heteroatoms. The molecule has 1 saturated heterocycles. The number of benzene rings is 1. The molecule has 17 heavy (non-hydrogen) atoms. The van der Waals surface area contributed by atoms with E-state index in [1.807, 2.05) is 4.90 Å². The van der Waals surface area contributed by atoms with E-state index in [0.717, 1.165) is 38.5 Å². The number of hydrogen-bond donors (Lipinski definition) is 1. The minimum absolute atomic E-state index is 0.388. The van der Waals surface area contributed by atoms with E-state index in [0.29, 0.717) is 11.7 Å². The highest BCUT2D eigenvalue weighted by molar-refractivity contribution is 5.48. The second-order valence-electron chi connectivity index (χ2n) is 4.56. The number of hydrogen-bond acceptors (Lipinski definition) is 2. The second-order valence-corrected chi connectivity index (χ2v) is 4.56. The van der Waals surface area contributed by atoms with Gasteiger partial charge in [-0.1, -0.05) is 6.07 Å². The predicted molar refractivity (Wildman–Crippen MR) is 65.3 cm³/mol. The third-order valence-electron chi connectivity index (χ3n) is 3.20. The van der Waals surface area contributed by atoms with Gasteiger partial charge in [-0.15, -0.1) is 0 Å². The van der Waals surface area contributed by atoms with Gasteiger partial charge in [0.15, 0.2) is 11.6 Å². The van der Waals surface area contributed by atoms with Crippen molar-refractivity contribution >= 4 is 5.69 Å². The summed E-state index contributed by atoms with van der Waals surface area (Å²) in [6.45, 7) is 4.56. The Hall–Kier alpha value is -1.16. The van der Waals surface area contributed by atoms with Crippen LogP contribution in [0.5, 0.6) is 0 Å². The molecule has 0 bridgehead atoms. The highest BCUT2D eigenvalue weighted by atomic mass is 19.2. The third kappa shape index (κ3) is 2.94. The molecule has 1 aromatic carbocycles. The van der Waals surface area contributed by atoms with Crippen LogP contribution in [0, 0.1) is 11.6 Å². The Balaban J connectivity index is 2.16. The first-order valence-corrected chi connectivity index (χ1v) is 6.11. The van der Waals surface area contributed by atoms with E-state index in [-0.39, 0.29) is 0 Å². The van der Waals surface area contributed by atoms with Crippen LogP contribution in [0.25, 0.3) is 0 Å². The van der Waals surface area contributed by atoms with E-state index >= 15 is 0 Å². The lowest BCUT2D eigenvalue weighted by atomic mass is 10.1. The molecule has 1 N–H and O–H groups in total. The summed E-state index contributed by atoms with van der Waals surface area (Å²) in [5, 5.41) is 3.39. The average Bonchev–Trinajstić information content (AvgIpc) is 2.29. The zero-order valence-electron chi connectivity index (χ0n) is 10.0. The average molecular weight is 240 g/mol. The lowest BCUT2D eigenvalue weighted by Gasteiger charge is -2.29. The van der Waals surface area contributed by atoms with E-state index in [9.17, 15) is 8.78 Å². The molecule has 1 aliphatic rings. The van der Waals surface area contributed by atoms with E-state index in [2.05, 4.69) is 12.2 Å². The molecule has 1 unspecified atom stereocenters. The molecule has 2 nitrogen and oxygen atoms in total. The number of nitrogens with one attached hydrogen (secondary N) is 1. The molecular formula is C13H18F2N2. The van der Waals surface area contributed by atoms with Gasteiger partial charge in [-0.2, -0.15) is 0 Å². The Bertz CT molecular complexity index is 382. The first kappa shape index (κ1) is 12.3. The van der Waals surface area contributed by atoms with Gasteiger partial charge >= 0.3 is 0 Å². The van der Waals surface area contributed by atoms with Crippen LogP contribution in [0.4, 0.5) is 14.5 Å². The molecule has 94 valence electrons. The van der Waals surface area contributed by atoms with Gasteiger partial charge in [-0.3, -0.25) is 0 Å². The van der Waals surface area contributed by atoms with Gasteiger partial charge in [0.2, 0.25) is 0 Å². The normalized spacial score (nSPS) is 22.1. The maximum Gasteiger partial charge on any atom is 0.182 e. The third-order valence-corrected chi connectivity index (χ3v) is 3.20. The minimum Gasteiger partial charge on any atom is -0.369 e. The van der Waals surface area contributed by atoms with Gasteiger partial charge in [0, 0.05) is 19.1 Å². The van der Waals surface area contributed by atoms with Crippen molar-refractivity contribution in [2.24, 2.45) is 0 Å². The summed E-state index contributed by atoms with van der Waals surface area (Å²) in [6, 6.07) is 4.80. The van der Waals surface area contributed by atoms with Crippen molar-refractivity contribution in [1.29, 1.82) is 0 Å². The monoisotopic (exact) mass is 240 g/mol. The van der Waals surface area contributed by atoms with E-state index in [4.69, 9.17) is 0 Å². The van der Waals surface area contributed by atoms with E-state index in [1.165, 1.54) is 0 Å². The fourth-order valence-electron chi connectivity index (χ4n) is 2.16. The van der Waals surface area contributed by atoms with Crippen LogP contribution in [-0.2, 0) is 0 Å². The van der Waals surface area contributed by atoms with Crippen molar-refractivity contribution in [2.45, 2.75) is 25.8 Å². The summed E-state index contributed by atoms with van der Waals surface area (Å²) in [7, 11) is 0. The molecule has 0 spiro atoms. The quantitative estimate of drug-likeness (QED) is 0.811. The summed E-state index contributed by atoms with van der Waals surface area (Å²) in [5.74, 6) is -1.50. The molecule has 1 aromatic rings. The highest BCUT2D eigenvalue weighted by Crippen LogP contribution is 2.22. The smallest absolute Gasteiger partial charge is 0.182 e. The van der Waals surface area contributed by atoms with Crippen LogP contribution in [0.15, 0.2) is 18.2 Å². The zero-order chi connectivity index (χ0) is 12.3. The molecule has 2 rings (SSSR count). The van der Waals surface area contributed by atoms with Gasteiger partial charge in [0.1, 0.15) is 0 Å². The Labute approximate surface area is 101 Å². The minimum atomic E-state index is -0.768. The number of halogens is 2. The molecular weight excluding hydrogens is 222 g/mol. The summed E-state index contributed by atoms with van der Waals surface area (Å²) in [4.78, 5) is 1.94. The van der Waals surface area contributed by atoms with E-state index in [1.54, 1.807) is 12.1 Å². The largest absolute Gasteiger partial charge is 0.369 e. The number of anilines is 1. The maximum atomic E-state index is 13.7. The lowest BCUT2D eigenvalue weighted by molar-refractivity contribution is 0.465. The Morgan fingerprint density at radius 1 is 1.29 bits per heavy atom. The standard InChI is InChI=1S/C13H18F2N2/c1-10-6-9-17(8-3-7-16-10)12-5-2-4-11(14)13(12)15/h2,4-5,10,16H,3,6-9H2,1H3. The van der Waals surface area contributed by atoms with Crippen molar-refractivity contribution in [3.05, 3.63) is 29.8 Å². The molecule has 0 aliphatic carbocycles.